The monoisotopic (exact) mass is 126 g/mol. The summed E-state index contributed by atoms with van der Waals surface area (Å²) in [6, 6.07) is 0. The van der Waals surface area contributed by atoms with Crippen LogP contribution in [0.2, 0.25) is 0 Å². The molecule has 0 aromatic heterocycles. The Balaban J connectivity index is 3.61. The van der Waals surface area contributed by atoms with Gasteiger partial charge in [0.1, 0.15) is 0 Å². The lowest BCUT2D eigenvalue weighted by molar-refractivity contribution is 0.226. The molecule has 0 aromatic rings. The number of aliphatic hydroxyl groups excluding tert-OH is 1. The molecule has 0 aliphatic rings. The first-order valence-corrected chi connectivity index (χ1v) is 3.10. The Morgan fingerprint density at radius 1 is 1.67 bits per heavy atom. The molecule has 0 saturated heterocycles. The largest absolute Gasteiger partial charge is 0.389 e. The highest BCUT2D eigenvalue weighted by atomic mass is 16.3. The topological polar surface area (TPSA) is 20.2 Å². The Hall–Kier alpha value is -0.560. The molecule has 1 unspecified atom stereocenters. The summed E-state index contributed by atoms with van der Waals surface area (Å²) in [5.74, 6) is 0. The van der Waals surface area contributed by atoms with E-state index in [1.165, 1.54) is 0 Å². The van der Waals surface area contributed by atoms with Gasteiger partial charge in [-0.1, -0.05) is 17.7 Å². The van der Waals surface area contributed by atoms with E-state index in [9.17, 15) is 0 Å². The molecular formula is C8H14O. The molecule has 0 saturated carbocycles. The van der Waals surface area contributed by atoms with Gasteiger partial charge in [-0.3, -0.25) is 0 Å². The van der Waals surface area contributed by atoms with E-state index in [0.29, 0.717) is 6.42 Å². The summed E-state index contributed by atoms with van der Waals surface area (Å²) in [7, 11) is 0. The van der Waals surface area contributed by atoms with Crippen LogP contribution in [-0.4, -0.2) is 11.2 Å². The van der Waals surface area contributed by atoms with Gasteiger partial charge in [0.25, 0.3) is 0 Å². The van der Waals surface area contributed by atoms with E-state index in [-0.39, 0.29) is 6.10 Å². The molecule has 1 nitrogen and oxygen atoms in total. The number of aliphatic hydroxyl groups is 1. The summed E-state index contributed by atoms with van der Waals surface area (Å²) >= 11 is 0. The first-order chi connectivity index (χ1) is 4.16. The van der Waals surface area contributed by atoms with Gasteiger partial charge in [-0.25, -0.2) is 0 Å². The first-order valence-electron chi connectivity index (χ1n) is 3.10. The van der Waals surface area contributed by atoms with E-state index < -0.39 is 0 Å². The third-order valence-corrected chi connectivity index (χ3v) is 0.934. The Bertz CT molecular complexity index is 110. The molecule has 0 aliphatic heterocycles. The molecule has 1 heteroatoms. The molecule has 0 amide bonds. The second kappa shape index (κ2) is 4.33. The number of allylic oxidation sites excluding steroid dienone is 1. The van der Waals surface area contributed by atoms with Crippen molar-refractivity contribution in [3.63, 3.8) is 0 Å². The van der Waals surface area contributed by atoms with Gasteiger partial charge in [-0.05, 0) is 20.3 Å². The van der Waals surface area contributed by atoms with Gasteiger partial charge in [-0.15, -0.1) is 6.58 Å². The minimum atomic E-state index is -0.340. The average molecular weight is 126 g/mol. The molecule has 0 fully saturated rings. The summed E-state index contributed by atoms with van der Waals surface area (Å²) in [6.07, 6.45) is 3.84. The van der Waals surface area contributed by atoms with Crippen molar-refractivity contribution in [1.82, 2.24) is 0 Å². The fourth-order valence-electron chi connectivity index (χ4n) is 0.624. The van der Waals surface area contributed by atoms with Crippen LogP contribution < -0.4 is 0 Å². The van der Waals surface area contributed by atoms with Crippen molar-refractivity contribution in [3.05, 3.63) is 24.3 Å². The van der Waals surface area contributed by atoms with Crippen molar-refractivity contribution >= 4 is 0 Å². The van der Waals surface area contributed by atoms with Crippen LogP contribution in [-0.2, 0) is 0 Å². The second-order valence-corrected chi connectivity index (χ2v) is 2.34. The molecule has 1 N–H and O–H groups in total. The van der Waals surface area contributed by atoms with E-state index >= 15 is 0 Å². The van der Waals surface area contributed by atoms with Crippen molar-refractivity contribution in [2.75, 3.05) is 0 Å². The Morgan fingerprint density at radius 2 is 2.22 bits per heavy atom. The van der Waals surface area contributed by atoms with Gasteiger partial charge in [-0.2, -0.15) is 0 Å². The van der Waals surface area contributed by atoms with Crippen LogP contribution in [0, 0.1) is 0 Å². The Labute approximate surface area is 56.7 Å². The minimum absolute atomic E-state index is 0.340. The lowest BCUT2D eigenvalue weighted by atomic mass is 10.2. The molecule has 0 spiro atoms. The van der Waals surface area contributed by atoms with E-state index in [2.05, 4.69) is 6.58 Å². The normalized spacial score (nSPS) is 12.3. The van der Waals surface area contributed by atoms with E-state index in [0.717, 1.165) is 5.57 Å². The maximum Gasteiger partial charge on any atom is 0.0757 e. The second-order valence-electron chi connectivity index (χ2n) is 2.34. The fraction of sp³-hybridized carbons (Fsp3) is 0.500. The van der Waals surface area contributed by atoms with Gasteiger partial charge >= 0.3 is 0 Å². The summed E-state index contributed by atoms with van der Waals surface area (Å²) in [5, 5.41) is 9.07. The molecule has 0 radical (unpaired) electrons. The average Bonchev–Trinajstić information content (AvgIpc) is 1.63. The third-order valence-electron chi connectivity index (χ3n) is 0.934. The SMILES string of the molecule is C=CCC(O)C=C(C)C. The lowest BCUT2D eigenvalue weighted by Gasteiger charge is -1.99. The zero-order chi connectivity index (χ0) is 7.28. The van der Waals surface area contributed by atoms with E-state index in [1.807, 2.05) is 19.9 Å². The highest BCUT2D eigenvalue weighted by Gasteiger charge is 1.93. The zero-order valence-corrected chi connectivity index (χ0v) is 6.09. The predicted molar refractivity (Wildman–Crippen MR) is 40.3 cm³/mol. The molecule has 0 heterocycles. The van der Waals surface area contributed by atoms with Crippen LogP contribution in [0.15, 0.2) is 24.3 Å². The van der Waals surface area contributed by atoms with Crippen molar-refractivity contribution in [1.29, 1.82) is 0 Å². The highest BCUT2D eigenvalue weighted by Crippen LogP contribution is 1.98. The maximum atomic E-state index is 9.07. The Morgan fingerprint density at radius 3 is 2.56 bits per heavy atom. The molecule has 0 bridgehead atoms. The van der Waals surface area contributed by atoms with Crippen LogP contribution in [0.25, 0.3) is 0 Å². The number of hydrogen-bond acceptors (Lipinski definition) is 1. The molecule has 9 heavy (non-hydrogen) atoms. The minimum Gasteiger partial charge on any atom is -0.389 e. The predicted octanol–water partition coefficient (Wildman–Crippen LogP) is 1.89. The quantitative estimate of drug-likeness (QED) is 0.572. The first kappa shape index (κ1) is 8.44. The molecule has 1 atom stereocenters. The smallest absolute Gasteiger partial charge is 0.0757 e. The van der Waals surface area contributed by atoms with Crippen molar-refractivity contribution in [3.8, 4) is 0 Å². The third kappa shape index (κ3) is 5.31. The van der Waals surface area contributed by atoms with Gasteiger partial charge < -0.3 is 5.11 Å². The molecular weight excluding hydrogens is 112 g/mol. The van der Waals surface area contributed by atoms with Crippen molar-refractivity contribution < 1.29 is 5.11 Å². The van der Waals surface area contributed by atoms with Crippen LogP contribution in [0.1, 0.15) is 20.3 Å². The summed E-state index contributed by atoms with van der Waals surface area (Å²) in [6.45, 7) is 7.45. The zero-order valence-electron chi connectivity index (χ0n) is 6.09. The van der Waals surface area contributed by atoms with Crippen LogP contribution in [0.4, 0.5) is 0 Å². The van der Waals surface area contributed by atoms with Gasteiger partial charge in [0.15, 0.2) is 0 Å². The molecule has 0 aliphatic carbocycles. The van der Waals surface area contributed by atoms with Gasteiger partial charge in [0, 0.05) is 0 Å². The van der Waals surface area contributed by atoms with Crippen LogP contribution in [0.3, 0.4) is 0 Å². The van der Waals surface area contributed by atoms with Gasteiger partial charge in [0.05, 0.1) is 6.10 Å². The van der Waals surface area contributed by atoms with Crippen molar-refractivity contribution in [2.45, 2.75) is 26.4 Å². The molecule has 52 valence electrons. The summed E-state index contributed by atoms with van der Waals surface area (Å²) in [4.78, 5) is 0. The number of rotatable bonds is 3. The fourth-order valence-corrected chi connectivity index (χ4v) is 0.624. The van der Waals surface area contributed by atoms with Gasteiger partial charge in [0.2, 0.25) is 0 Å². The van der Waals surface area contributed by atoms with Crippen LogP contribution in [0.5, 0.6) is 0 Å². The summed E-state index contributed by atoms with van der Waals surface area (Å²) in [5.41, 5.74) is 1.14. The van der Waals surface area contributed by atoms with Crippen molar-refractivity contribution in [2.24, 2.45) is 0 Å². The lowest BCUT2D eigenvalue weighted by Crippen LogP contribution is -1.99. The summed E-state index contributed by atoms with van der Waals surface area (Å²) < 4.78 is 0. The standard InChI is InChI=1S/C8H14O/c1-4-5-8(9)6-7(2)3/h4,6,8-9H,1,5H2,2-3H3. The van der Waals surface area contributed by atoms with E-state index in [1.54, 1.807) is 6.08 Å². The number of hydrogen-bond donors (Lipinski definition) is 1. The molecule has 0 aromatic carbocycles. The van der Waals surface area contributed by atoms with E-state index in [4.69, 9.17) is 5.11 Å². The molecule has 0 rings (SSSR count). The highest BCUT2D eigenvalue weighted by molar-refractivity contribution is 4.99. The maximum absolute atomic E-state index is 9.07. The van der Waals surface area contributed by atoms with Crippen LogP contribution >= 0.6 is 0 Å². The Kier molecular flexibility index (Phi) is 4.06.